The Morgan fingerprint density at radius 2 is 1.84 bits per heavy atom. The minimum Gasteiger partial charge on any atom is -0.496 e. The van der Waals surface area contributed by atoms with Gasteiger partial charge in [-0.15, -0.1) is 0 Å². The van der Waals surface area contributed by atoms with E-state index in [2.05, 4.69) is 0 Å². The molecule has 4 heteroatoms. The quantitative estimate of drug-likeness (QED) is 0.906. The van der Waals surface area contributed by atoms with Crippen molar-refractivity contribution in [3.05, 3.63) is 23.3 Å². The molecular formula is C15H22O4. The molecule has 1 N–H and O–H groups in total. The van der Waals surface area contributed by atoms with E-state index in [1.54, 1.807) is 14.2 Å². The summed E-state index contributed by atoms with van der Waals surface area (Å²) in [4.78, 5) is 0. The molecule has 1 aliphatic heterocycles. The van der Waals surface area contributed by atoms with Gasteiger partial charge in [-0.25, -0.2) is 0 Å². The third-order valence-electron chi connectivity index (χ3n) is 4.16. The SMILES string of the molecule is COc1ccc(C2(C(C)(C)O)COC2)c(OC)c1C. The van der Waals surface area contributed by atoms with E-state index < -0.39 is 11.0 Å². The summed E-state index contributed by atoms with van der Waals surface area (Å²) in [5.74, 6) is 1.55. The Balaban J connectivity index is 2.59. The molecule has 1 aliphatic rings. The molecule has 1 aromatic carbocycles. The molecule has 0 saturated carbocycles. The molecule has 0 unspecified atom stereocenters. The summed E-state index contributed by atoms with van der Waals surface area (Å²) in [5.41, 5.74) is 0.625. The molecule has 1 heterocycles. The molecule has 0 aliphatic carbocycles. The molecule has 0 radical (unpaired) electrons. The highest BCUT2D eigenvalue weighted by atomic mass is 16.5. The van der Waals surface area contributed by atoms with Crippen molar-refractivity contribution in [3.8, 4) is 11.5 Å². The van der Waals surface area contributed by atoms with E-state index in [0.717, 1.165) is 22.6 Å². The molecular weight excluding hydrogens is 244 g/mol. The van der Waals surface area contributed by atoms with Crippen LogP contribution >= 0.6 is 0 Å². The van der Waals surface area contributed by atoms with Gasteiger partial charge in [0, 0.05) is 11.1 Å². The maximum absolute atomic E-state index is 10.5. The fourth-order valence-electron chi connectivity index (χ4n) is 2.68. The third-order valence-corrected chi connectivity index (χ3v) is 4.16. The second-order valence-electron chi connectivity index (χ2n) is 5.61. The smallest absolute Gasteiger partial charge is 0.129 e. The van der Waals surface area contributed by atoms with E-state index in [1.165, 1.54) is 0 Å². The van der Waals surface area contributed by atoms with E-state index in [1.807, 2.05) is 32.9 Å². The van der Waals surface area contributed by atoms with Gasteiger partial charge >= 0.3 is 0 Å². The van der Waals surface area contributed by atoms with Gasteiger partial charge in [0.1, 0.15) is 11.5 Å². The van der Waals surface area contributed by atoms with Crippen molar-refractivity contribution >= 4 is 0 Å². The van der Waals surface area contributed by atoms with Crippen LogP contribution in [-0.4, -0.2) is 38.1 Å². The van der Waals surface area contributed by atoms with Crippen LogP contribution in [0.5, 0.6) is 11.5 Å². The Morgan fingerprint density at radius 1 is 1.21 bits per heavy atom. The molecule has 0 amide bonds. The van der Waals surface area contributed by atoms with Crippen LogP contribution in [0.1, 0.15) is 25.0 Å². The van der Waals surface area contributed by atoms with Crippen LogP contribution < -0.4 is 9.47 Å². The molecule has 4 nitrogen and oxygen atoms in total. The van der Waals surface area contributed by atoms with Crippen LogP contribution in [0.3, 0.4) is 0 Å². The fourth-order valence-corrected chi connectivity index (χ4v) is 2.68. The Bertz CT molecular complexity index is 470. The predicted molar refractivity (Wildman–Crippen MR) is 73.1 cm³/mol. The zero-order valence-electron chi connectivity index (χ0n) is 12.2. The predicted octanol–water partition coefficient (Wildman–Crippen LogP) is 2.05. The van der Waals surface area contributed by atoms with Crippen LogP contribution in [0.15, 0.2) is 12.1 Å². The zero-order chi connectivity index (χ0) is 14.3. The summed E-state index contributed by atoms with van der Waals surface area (Å²) in [7, 11) is 3.28. The summed E-state index contributed by atoms with van der Waals surface area (Å²) in [5, 5.41) is 10.5. The van der Waals surface area contributed by atoms with Crippen molar-refractivity contribution in [1.82, 2.24) is 0 Å². The molecule has 106 valence electrons. The highest BCUT2D eigenvalue weighted by molar-refractivity contribution is 5.54. The highest BCUT2D eigenvalue weighted by Gasteiger charge is 2.53. The summed E-state index contributed by atoms with van der Waals surface area (Å²) >= 11 is 0. The minimum atomic E-state index is -0.875. The van der Waals surface area contributed by atoms with Crippen molar-refractivity contribution in [3.63, 3.8) is 0 Å². The standard InChI is InChI=1S/C15H22O4/c1-10-12(17-4)7-6-11(13(10)18-5)15(8-19-9-15)14(2,3)16/h6-7,16H,8-9H2,1-5H3. The number of hydrogen-bond acceptors (Lipinski definition) is 4. The number of rotatable bonds is 4. The molecule has 1 saturated heterocycles. The third kappa shape index (κ3) is 1.99. The van der Waals surface area contributed by atoms with Crippen molar-refractivity contribution < 1.29 is 19.3 Å². The van der Waals surface area contributed by atoms with Gasteiger partial charge in [0.2, 0.25) is 0 Å². The average Bonchev–Trinajstić information content (AvgIpc) is 2.26. The number of benzene rings is 1. The molecule has 0 aromatic heterocycles. The van der Waals surface area contributed by atoms with Gasteiger partial charge in [-0.05, 0) is 26.8 Å². The highest BCUT2D eigenvalue weighted by Crippen LogP contribution is 2.47. The van der Waals surface area contributed by atoms with Crippen LogP contribution in [0.2, 0.25) is 0 Å². The maximum atomic E-state index is 10.5. The van der Waals surface area contributed by atoms with Gasteiger partial charge in [-0.1, -0.05) is 6.07 Å². The molecule has 2 rings (SSSR count). The van der Waals surface area contributed by atoms with E-state index >= 15 is 0 Å². The second-order valence-corrected chi connectivity index (χ2v) is 5.61. The molecule has 0 atom stereocenters. The van der Waals surface area contributed by atoms with Gasteiger partial charge in [-0.2, -0.15) is 0 Å². The first-order valence-corrected chi connectivity index (χ1v) is 6.39. The summed E-state index contributed by atoms with van der Waals surface area (Å²) in [6, 6.07) is 3.88. The van der Waals surface area contributed by atoms with Crippen molar-refractivity contribution in [2.24, 2.45) is 0 Å². The van der Waals surface area contributed by atoms with Gasteiger partial charge in [-0.3, -0.25) is 0 Å². The summed E-state index contributed by atoms with van der Waals surface area (Å²) in [6.45, 7) is 6.58. The topological polar surface area (TPSA) is 47.9 Å². The molecule has 1 aromatic rings. The van der Waals surface area contributed by atoms with Gasteiger partial charge in [0.15, 0.2) is 0 Å². The monoisotopic (exact) mass is 266 g/mol. The summed E-state index contributed by atoms with van der Waals surface area (Å²) in [6.07, 6.45) is 0. The van der Waals surface area contributed by atoms with Gasteiger partial charge in [0.05, 0.1) is 38.4 Å². The zero-order valence-corrected chi connectivity index (χ0v) is 12.2. The first-order chi connectivity index (χ1) is 8.87. The van der Waals surface area contributed by atoms with E-state index in [4.69, 9.17) is 14.2 Å². The van der Waals surface area contributed by atoms with Gasteiger partial charge in [0.25, 0.3) is 0 Å². The van der Waals surface area contributed by atoms with Gasteiger partial charge < -0.3 is 19.3 Å². The van der Waals surface area contributed by atoms with Crippen molar-refractivity contribution in [2.45, 2.75) is 31.8 Å². The van der Waals surface area contributed by atoms with E-state index in [0.29, 0.717) is 13.2 Å². The molecule has 0 bridgehead atoms. The first kappa shape index (κ1) is 14.2. The van der Waals surface area contributed by atoms with E-state index in [-0.39, 0.29) is 0 Å². The van der Waals surface area contributed by atoms with Crippen molar-refractivity contribution in [2.75, 3.05) is 27.4 Å². The van der Waals surface area contributed by atoms with Crippen LogP contribution in [0.4, 0.5) is 0 Å². The molecule has 0 spiro atoms. The lowest BCUT2D eigenvalue weighted by Gasteiger charge is -2.50. The number of methoxy groups -OCH3 is 2. The number of hydrogen-bond donors (Lipinski definition) is 1. The van der Waals surface area contributed by atoms with Crippen LogP contribution in [0, 0.1) is 6.92 Å². The Hall–Kier alpha value is -1.26. The summed E-state index contributed by atoms with van der Waals surface area (Å²) < 4.78 is 16.2. The Labute approximate surface area is 114 Å². The molecule has 19 heavy (non-hydrogen) atoms. The minimum absolute atomic E-state index is 0.421. The molecule has 1 fully saturated rings. The maximum Gasteiger partial charge on any atom is 0.129 e. The van der Waals surface area contributed by atoms with Crippen LogP contribution in [-0.2, 0) is 10.2 Å². The second kappa shape index (κ2) is 4.69. The lowest BCUT2D eigenvalue weighted by Crippen LogP contribution is -2.60. The van der Waals surface area contributed by atoms with Crippen LogP contribution in [0.25, 0.3) is 0 Å². The normalized spacial score (nSPS) is 17.8. The Kier molecular flexibility index (Phi) is 3.49. The Morgan fingerprint density at radius 3 is 2.21 bits per heavy atom. The van der Waals surface area contributed by atoms with E-state index in [9.17, 15) is 5.11 Å². The lowest BCUT2D eigenvalue weighted by atomic mass is 9.66. The number of aliphatic hydroxyl groups is 1. The number of ether oxygens (including phenoxy) is 3. The largest absolute Gasteiger partial charge is 0.496 e. The first-order valence-electron chi connectivity index (χ1n) is 6.39. The lowest BCUT2D eigenvalue weighted by molar-refractivity contribution is -0.158. The fraction of sp³-hybridized carbons (Fsp3) is 0.600. The average molecular weight is 266 g/mol. The van der Waals surface area contributed by atoms with Crippen molar-refractivity contribution in [1.29, 1.82) is 0 Å².